The van der Waals surface area contributed by atoms with Gasteiger partial charge in [0.2, 0.25) is 0 Å². The molecule has 0 heterocycles. The van der Waals surface area contributed by atoms with Crippen molar-refractivity contribution in [2.45, 2.75) is 17.9 Å². The van der Waals surface area contributed by atoms with Gasteiger partial charge < -0.3 is 4.74 Å². The van der Waals surface area contributed by atoms with Crippen LogP contribution in [0.15, 0.2) is 35.2 Å². The van der Waals surface area contributed by atoms with Crippen LogP contribution in [0.5, 0.6) is 0 Å². The molecule has 0 spiro atoms. The van der Waals surface area contributed by atoms with E-state index in [-0.39, 0.29) is 12.4 Å². The molecule has 1 aromatic carbocycles. The first-order valence-corrected chi connectivity index (χ1v) is 6.11. The standard InChI is InChI=1S/C11H13NO4S/c1-2-16-11(13)10(12(14)15)8-17-9-6-4-3-5-7-9/h3-7,10H,2,8H2,1H3. The van der Waals surface area contributed by atoms with Gasteiger partial charge in [-0.15, -0.1) is 11.8 Å². The van der Waals surface area contributed by atoms with E-state index in [1.165, 1.54) is 11.8 Å². The maximum atomic E-state index is 11.3. The highest BCUT2D eigenvalue weighted by molar-refractivity contribution is 7.99. The minimum Gasteiger partial charge on any atom is -0.461 e. The van der Waals surface area contributed by atoms with E-state index in [4.69, 9.17) is 0 Å². The summed E-state index contributed by atoms with van der Waals surface area (Å²) in [5, 5.41) is 10.7. The summed E-state index contributed by atoms with van der Waals surface area (Å²) in [4.78, 5) is 22.3. The van der Waals surface area contributed by atoms with Gasteiger partial charge in [-0.1, -0.05) is 18.2 Å². The number of thioether (sulfide) groups is 1. The molecule has 0 N–H and O–H groups in total. The third kappa shape index (κ3) is 4.44. The van der Waals surface area contributed by atoms with Crippen LogP contribution in [0.2, 0.25) is 0 Å². The van der Waals surface area contributed by atoms with Crippen LogP contribution in [-0.4, -0.2) is 29.3 Å². The van der Waals surface area contributed by atoms with Crippen LogP contribution in [0, 0.1) is 10.1 Å². The lowest BCUT2D eigenvalue weighted by Crippen LogP contribution is -2.33. The van der Waals surface area contributed by atoms with Crippen LogP contribution < -0.4 is 0 Å². The minimum absolute atomic E-state index is 0.0792. The Kier molecular flexibility index (Phi) is 5.48. The Balaban J connectivity index is 2.56. The van der Waals surface area contributed by atoms with E-state index >= 15 is 0 Å². The fourth-order valence-electron chi connectivity index (χ4n) is 1.15. The largest absolute Gasteiger partial charge is 0.461 e. The number of esters is 1. The Bertz CT molecular complexity index is 382. The molecule has 6 heteroatoms. The molecule has 0 aromatic heterocycles. The summed E-state index contributed by atoms with van der Waals surface area (Å²) in [7, 11) is 0. The number of benzene rings is 1. The van der Waals surface area contributed by atoms with Crippen molar-refractivity contribution in [3.63, 3.8) is 0 Å². The Hall–Kier alpha value is -1.56. The van der Waals surface area contributed by atoms with Crippen molar-refractivity contribution in [2.24, 2.45) is 0 Å². The second kappa shape index (κ2) is 6.90. The first-order valence-electron chi connectivity index (χ1n) is 5.13. The van der Waals surface area contributed by atoms with Crippen molar-refractivity contribution in [1.82, 2.24) is 0 Å². The Morgan fingerprint density at radius 2 is 2.12 bits per heavy atom. The van der Waals surface area contributed by atoms with Crippen molar-refractivity contribution in [2.75, 3.05) is 12.4 Å². The zero-order valence-electron chi connectivity index (χ0n) is 9.37. The number of nitrogens with zero attached hydrogens (tertiary/aromatic N) is 1. The molecule has 0 radical (unpaired) electrons. The number of carbonyl (C=O) groups is 1. The Labute approximate surface area is 103 Å². The molecule has 0 saturated heterocycles. The van der Waals surface area contributed by atoms with Gasteiger partial charge in [0, 0.05) is 9.82 Å². The number of nitro groups is 1. The quantitative estimate of drug-likeness (QED) is 0.336. The van der Waals surface area contributed by atoms with Crippen LogP contribution in [0.25, 0.3) is 0 Å². The van der Waals surface area contributed by atoms with Crippen LogP contribution in [0.1, 0.15) is 6.92 Å². The van der Waals surface area contributed by atoms with Gasteiger partial charge in [-0.05, 0) is 19.1 Å². The fraction of sp³-hybridized carbons (Fsp3) is 0.364. The fourth-order valence-corrected chi connectivity index (χ4v) is 2.10. The summed E-state index contributed by atoms with van der Waals surface area (Å²) >= 11 is 1.27. The monoisotopic (exact) mass is 255 g/mol. The molecule has 0 fully saturated rings. The van der Waals surface area contributed by atoms with Crippen LogP contribution in [0.4, 0.5) is 0 Å². The topological polar surface area (TPSA) is 69.4 Å². The Morgan fingerprint density at radius 3 is 2.65 bits per heavy atom. The molecule has 0 bridgehead atoms. The average molecular weight is 255 g/mol. The van der Waals surface area contributed by atoms with E-state index in [0.29, 0.717) is 0 Å². The third-order valence-corrected chi connectivity index (χ3v) is 3.05. The summed E-state index contributed by atoms with van der Waals surface area (Å²) in [6, 6.07) is 7.92. The minimum atomic E-state index is -1.31. The van der Waals surface area contributed by atoms with E-state index in [2.05, 4.69) is 4.74 Å². The number of hydrogen-bond donors (Lipinski definition) is 0. The zero-order chi connectivity index (χ0) is 12.7. The zero-order valence-corrected chi connectivity index (χ0v) is 10.2. The molecule has 5 nitrogen and oxygen atoms in total. The van der Waals surface area contributed by atoms with Gasteiger partial charge >= 0.3 is 12.0 Å². The first kappa shape index (κ1) is 13.5. The molecular weight excluding hydrogens is 242 g/mol. The lowest BCUT2D eigenvalue weighted by Gasteiger charge is -2.08. The lowest BCUT2D eigenvalue weighted by atomic mass is 10.4. The van der Waals surface area contributed by atoms with Gasteiger partial charge in [0.25, 0.3) is 0 Å². The number of rotatable bonds is 6. The molecule has 17 heavy (non-hydrogen) atoms. The molecule has 1 aromatic rings. The van der Waals surface area contributed by atoms with Crippen molar-refractivity contribution < 1.29 is 14.5 Å². The normalized spacial score (nSPS) is 11.8. The Morgan fingerprint density at radius 1 is 1.47 bits per heavy atom. The molecule has 0 saturated carbocycles. The molecule has 1 unspecified atom stereocenters. The van der Waals surface area contributed by atoms with Crippen LogP contribution in [-0.2, 0) is 9.53 Å². The maximum absolute atomic E-state index is 11.3. The SMILES string of the molecule is CCOC(=O)C(CSc1ccccc1)[N+](=O)[O-]. The average Bonchev–Trinajstić information content (AvgIpc) is 2.30. The van der Waals surface area contributed by atoms with Gasteiger partial charge in [0.15, 0.2) is 0 Å². The van der Waals surface area contributed by atoms with Crippen molar-refractivity contribution >= 4 is 17.7 Å². The predicted molar refractivity (Wildman–Crippen MR) is 64.6 cm³/mol. The molecule has 1 rings (SSSR count). The lowest BCUT2D eigenvalue weighted by molar-refractivity contribution is -0.504. The van der Waals surface area contributed by atoms with Crippen LogP contribution in [0.3, 0.4) is 0 Å². The highest BCUT2D eigenvalue weighted by Crippen LogP contribution is 2.19. The molecule has 0 amide bonds. The highest BCUT2D eigenvalue weighted by atomic mass is 32.2. The second-order valence-corrected chi connectivity index (χ2v) is 4.27. The second-order valence-electron chi connectivity index (χ2n) is 3.18. The van der Waals surface area contributed by atoms with Crippen molar-refractivity contribution in [3.8, 4) is 0 Å². The highest BCUT2D eigenvalue weighted by Gasteiger charge is 2.31. The number of hydrogen-bond acceptors (Lipinski definition) is 5. The third-order valence-electron chi connectivity index (χ3n) is 1.96. The first-order chi connectivity index (χ1) is 8.15. The molecule has 0 aliphatic rings. The summed E-state index contributed by atoms with van der Waals surface area (Å²) in [5.74, 6) is -0.698. The molecular formula is C11H13NO4S. The van der Waals surface area contributed by atoms with Gasteiger partial charge in [-0.3, -0.25) is 10.1 Å². The number of carbonyl (C=O) groups excluding carboxylic acids is 1. The predicted octanol–water partition coefficient (Wildman–Crippen LogP) is 1.99. The summed E-state index contributed by atoms with van der Waals surface area (Å²) in [6.45, 7) is 1.78. The molecule has 92 valence electrons. The van der Waals surface area contributed by atoms with E-state index in [0.717, 1.165) is 4.90 Å². The van der Waals surface area contributed by atoms with Gasteiger partial charge in [0.1, 0.15) is 0 Å². The van der Waals surface area contributed by atoms with Crippen molar-refractivity contribution in [3.05, 3.63) is 40.4 Å². The maximum Gasteiger partial charge on any atom is 0.382 e. The smallest absolute Gasteiger partial charge is 0.382 e. The van der Waals surface area contributed by atoms with Gasteiger partial charge in [0.05, 0.1) is 12.4 Å². The molecule has 1 atom stereocenters. The van der Waals surface area contributed by atoms with E-state index in [1.54, 1.807) is 6.92 Å². The number of ether oxygens (including phenoxy) is 1. The summed E-state index contributed by atoms with van der Waals surface area (Å²) in [6.07, 6.45) is 0. The van der Waals surface area contributed by atoms with Gasteiger partial charge in [-0.2, -0.15) is 0 Å². The van der Waals surface area contributed by atoms with E-state index in [9.17, 15) is 14.9 Å². The summed E-state index contributed by atoms with van der Waals surface area (Å²) in [5.41, 5.74) is 0. The van der Waals surface area contributed by atoms with Crippen molar-refractivity contribution in [1.29, 1.82) is 0 Å². The van der Waals surface area contributed by atoms with Gasteiger partial charge in [-0.25, -0.2) is 4.79 Å². The summed E-state index contributed by atoms with van der Waals surface area (Å²) < 4.78 is 4.66. The van der Waals surface area contributed by atoms with E-state index < -0.39 is 16.9 Å². The van der Waals surface area contributed by atoms with Crippen LogP contribution >= 0.6 is 11.8 Å². The van der Waals surface area contributed by atoms with E-state index in [1.807, 2.05) is 30.3 Å². The molecule has 0 aliphatic heterocycles. The molecule has 0 aliphatic carbocycles.